The van der Waals surface area contributed by atoms with E-state index in [4.69, 9.17) is 4.42 Å². The Kier molecular flexibility index (Phi) is 2.57. The van der Waals surface area contributed by atoms with Crippen molar-refractivity contribution in [3.8, 4) is 0 Å². The lowest BCUT2D eigenvalue weighted by Gasteiger charge is -1.93. The first-order chi connectivity index (χ1) is 9.90. The predicted octanol–water partition coefficient (Wildman–Crippen LogP) is 4.19. The van der Waals surface area contributed by atoms with E-state index in [1.54, 1.807) is 11.7 Å². The molecule has 5 heteroatoms. The molecule has 0 saturated heterocycles. The van der Waals surface area contributed by atoms with Crippen molar-refractivity contribution in [1.29, 1.82) is 0 Å². The van der Waals surface area contributed by atoms with E-state index >= 15 is 0 Å². The van der Waals surface area contributed by atoms with Crippen molar-refractivity contribution >= 4 is 44.6 Å². The Morgan fingerprint density at radius 3 is 2.85 bits per heavy atom. The largest absolute Gasteiger partial charge is 0.456 e. The summed E-state index contributed by atoms with van der Waals surface area (Å²) in [5, 5.41) is 10.5. The quantitative estimate of drug-likeness (QED) is 0.517. The fourth-order valence-electron chi connectivity index (χ4n) is 2.18. The van der Waals surface area contributed by atoms with Gasteiger partial charge in [-0.25, -0.2) is 4.99 Å². The van der Waals surface area contributed by atoms with Crippen LogP contribution in [0.5, 0.6) is 0 Å². The minimum Gasteiger partial charge on any atom is -0.456 e. The van der Waals surface area contributed by atoms with E-state index in [1.165, 1.54) is 11.3 Å². The summed E-state index contributed by atoms with van der Waals surface area (Å²) in [5.74, 6) is 0. The fourth-order valence-corrected chi connectivity index (χ4v) is 2.57. The van der Waals surface area contributed by atoms with Crippen LogP contribution in [-0.2, 0) is 0 Å². The summed E-state index contributed by atoms with van der Waals surface area (Å²) in [6, 6.07) is 14.1. The lowest BCUT2D eigenvalue weighted by molar-refractivity contribution is 0.669. The number of aliphatic imine (C=N–C) groups is 1. The third kappa shape index (κ3) is 1.88. The maximum absolute atomic E-state index is 5.79. The van der Waals surface area contributed by atoms with Crippen molar-refractivity contribution in [3.63, 3.8) is 0 Å². The number of aromatic nitrogens is 2. The van der Waals surface area contributed by atoms with E-state index in [0.717, 1.165) is 27.5 Å². The van der Waals surface area contributed by atoms with Crippen LogP contribution in [0, 0.1) is 0 Å². The average Bonchev–Trinajstić information content (AvgIpc) is 3.12. The summed E-state index contributed by atoms with van der Waals surface area (Å²) >= 11 is 1.41. The van der Waals surface area contributed by atoms with E-state index in [0.29, 0.717) is 5.13 Å². The summed E-state index contributed by atoms with van der Waals surface area (Å²) < 4.78 is 5.79. The Balaban J connectivity index is 1.83. The third-order valence-electron chi connectivity index (χ3n) is 3.07. The molecule has 0 bridgehead atoms. The first-order valence-corrected chi connectivity index (χ1v) is 7.00. The van der Waals surface area contributed by atoms with E-state index in [-0.39, 0.29) is 0 Å². The monoisotopic (exact) mass is 279 g/mol. The molecular weight excluding hydrogens is 270 g/mol. The molecule has 2 heterocycles. The van der Waals surface area contributed by atoms with Gasteiger partial charge in [-0.05, 0) is 29.8 Å². The SMILES string of the molecule is C(=N/c1nncs1)/c1ccc2oc3ccccc3c2c1. The molecule has 0 amide bonds. The van der Waals surface area contributed by atoms with E-state index < -0.39 is 0 Å². The highest BCUT2D eigenvalue weighted by molar-refractivity contribution is 7.13. The van der Waals surface area contributed by atoms with Crippen LogP contribution in [0.4, 0.5) is 5.13 Å². The Morgan fingerprint density at radius 1 is 1.05 bits per heavy atom. The van der Waals surface area contributed by atoms with Crippen molar-refractivity contribution in [1.82, 2.24) is 10.2 Å². The van der Waals surface area contributed by atoms with Crippen molar-refractivity contribution in [3.05, 3.63) is 53.5 Å². The first-order valence-electron chi connectivity index (χ1n) is 6.12. The Morgan fingerprint density at radius 2 is 1.95 bits per heavy atom. The van der Waals surface area contributed by atoms with Gasteiger partial charge in [0.2, 0.25) is 5.13 Å². The van der Waals surface area contributed by atoms with Crippen molar-refractivity contribution in [2.75, 3.05) is 0 Å². The summed E-state index contributed by atoms with van der Waals surface area (Å²) in [7, 11) is 0. The van der Waals surface area contributed by atoms with Crippen molar-refractivity contribution < 1.29 is 4.42 Å². The molecule has 0 aliphatic carbocycles. The molecule has 4 rings (SSSR count). The zero-order valence-corrected chi connectivity index (χ0v) is 11.2. The Hall–Kier alpha value is -2.53. The second-order valence-electron chi connectivity index (χ2n) is 4.33. The van der Waals surface area contributed by atoms with Crippen LogP contribution in [0.3, 0.4) is 0 Å². The van der Waals surface area contributed by atoms with Crippen LogP contribution in [0.1, 0.15) is 5.56 Å². The molecule has 0 radical (unpaired) electrons. The number of furan rings is 1. The maximum Gasteiger partial charge on any atom is 0.231 e. The Labute approximate surface area is 118 Å². The lowest BCUT2D eigenvalue weighted by Crippen LogP contribution is -1.79. The minimum atomic E-state index is 0.655. The molecule has 2 aromatic heterocycles. The molecule has 20 heavy (non-hydrogen) atoms. The molecular formula is C15H9N3OS. The van der Waals surface area contributed by atoms with Gasteiger partial charge >= 0.3 is 0 Å². The first kappa shape index (κ1) is 11.3. The second-order valence-corrected chi connectivity index (χ2v) is 5.14. The Bertz CT molecular complexity index is 909. The smallest absolute Gasteiger partial charge is 0.231 e. The van der Waals surface area contributed by atoms with Gasteiger partial charge in [0, 0.05) is 17.0 Å². The third-order valence-corrected chi connectivity index (χ3v) is 3.67. The summed E-state index contributed by atoms with van der Waals surface area (Å²) in [5.41, 5.74) is 4.47. The molecule has 0 saturated carbocycles. The fraction of sp³-hybridized carbons (Fsp3) is 0. The number of para-hydroxylation sites is 1. The standard InChI is InChI=1S/C15H9N3OS/c1-2-4-13-11(3-1)12-7-10(5-6-14(12)19-13)8-16-15-18-17-9-20-15/h1-9H/b16-8-. The predicted molar refractivity (Wildman–Crippen MR) is 80.9 cm³/mol. The number of hydrogen-bond acceptors (Lipinski definition) is 5. The second kappa shape index (κ2) is 4.54. The zero-order valence-electron chi connectivity index (χ0n) is 10.4. The van der Waals surface area contributed by atoms with Gasteiger partial charge in [-0.2, -0.15) is 0 Å². The van der Waals surface area contributed by atoms with Gasteiger partial charge in [-0.1, -0.05) is 29.5 Å². The molecule has 0 aliphatic heterocycles. The number of nitrogens with zero attached hydrogens (tertiary/aromatic N) is 3. The van der Waals surface area contributed by atoms with E-state index in [2.05, 4.69) is 27.3 Å². The zero-order chi connectivity index (χ0) is 13.4. The van der Waals surface area contributed by atoms with Gasteiger partial charge in [-0.3, -0.25) is 0 Å². The van der Waals surface area contributed by atoms with Crippen molar-refractivity contribution in [2.45, 2.75) is 0 Å². The molecule has 0 aliphatic rings. The highest BCUT2D eigenvalue weighted by Crippen LogP contribution is 2.28. The summed E-state index contributed by atoms with van der Waals surface area (Å²) in [4.78, 5) is 4.30. The molecule has 2 aromatic carbocycles. The number of rotatable bonds is 2. The molecule has 4 aromatic rings. The number of benzene rings is 2. The van der Waals surface area contributed by atoms with Gasteiger partial charge < -0.3 is 4.42 Å². The van der Waals surface area contributed by atoms with Gasteiger partial charge in [-0.15, -0.1) is 10.2 Å². The molecule has 0 spiro atoms. The normalized spacial score (nSPS) is 11.8. The van der Waals surface area contributed by atoms with Gasteiger partial charge in [0.25, 0.3) is 0 Å². The maximum atomic E-state index is 5.79. The van der Waals surface area contributed by atoms with Crippen molar-refractivity contribution in [2.24, 2.45) is 4.99 Å². The molecule has 4 nitrogen and oxygen atoms in total. The van der Waals surface area contributed by atoms with E-state index in [1.807, 2.05) is 30.3 Å². The minimum absolute atomic E-state index is 0.655. The highest BCUT2D eigenvalue weighted by atomic mass is 32.1. The highest BCUT2D eigenvalue weighted by Gasteiger charge is 2.06. The van der Waals surface area contributed by atoms with Crippen LogP contribution < -0.4 is 0 Å². The van der Waals surface area contributed by atoms with Gasteiger partial charge in [0.15, 0.2) is 0 Å². The molecule has 96 valence electrons. The van der Waals surface area contributed by atoms with Crippen LogP contribution in [0.15, 0.2) is 57.4 Å². The van der Waals surface area contributed by atoms with Crippen LogP contribution >= 0.6 is 11.3 Å². The van der Waals surface area contributed by atoms with Gasteiger partial charge in [0.1, 0.15) is 16.7 Å². The average molecular weight is 279 g/mol. The van der Waals surface area contributed by atoms with E-state index in [9.17, 15) is 0 Å². The lowest BCUT2D eigenvalue weighted by atomic mass is 10.1. The molecule has 0 fully saturated rings. The van der Waals surface area contributed by atoms with Crippen LogP contribution in [0.25, 0.3) is 21.9 Å². The summed E-state index contributed by atoms with van der Waals surface area (Å²) in [6.45, 7) is 0. The van der Waals surface area contributed by atoms with Gasteiger partial charge in [0.05, 0.1) is 0 Å². The number of hydrogen-bond donors (Lipinski definition) is 0. The summed E-state index contributed by atoms with van der Waals surface area (Å²) in [6.07, 6.45) is 1.79. The number of fused-ring (bicyclic) bond motifs is 3. The van der Waals surface area contributed by atoms with Crippen LogP contribution in [-0.4, -0.2) is 16.4 Å². The molecule has 0 unspecified atom stereocenters. The topological polar surface area (TPSA) is 51.3 Å². The molecule has 0 N–H and O–H groups in total. The van der Waals surface area contributed by atoms with Crippen LogP contribution in [0.2, 0.25) is 0 Å². The molecule has 0 atom stereocenters.